The van der Waals surface area contributed by atoms with E-state index in [4.69, 9.17) is 15.6 Å². The molecule has 0 amide bonds. The number of nitrogens with two attached hydrogens (primary N) is 1. The van der Waals surface area contributed by atoms with Crippen LogP contribution in [0, 0.1) is 0 Å². The van der Waals surface area contributed by atoms with Gasteiger partial charge in [0.2, 0.25) is 0 Å². The monoisotopic (exact) mass is 406 g/mol. The highest BCUT2D eigenvalue weighted by molar-refractivity contribution is 5.74. The zero-order valence-electron chi connectivity index (χ0n) is 15.8. The number of anilines is 3. The van der Waals surface area contributed by atoms with Crippen molar-refractivity contribution >= 4 is 23.0 Å². The first-order valence-electron chi connectivity index (χ1n) is 9.10. The lowest BCUT2D eigenvalue weighted by molar-refractivity contribution is -0.192. The molecule has 0 aliphatic carbocycles. The zero-order chi connectivity index (χ0) is 20.9. The fourth-order valence-corrected chi connectivity index (χ4v) is 3.16. The highest BCUT2D eigenvalue weighted by Gasteiger charge is 2.38. The van der Waals surface area contributed by atoms with Gasteiger partial charge in [-0.25, -0.2) is 9.18 Å². The third-order valence-electron chi connectivity index (χ3n) is 4.89. The number of likely N-dealkylation sites (N-methyl/N-ethyl adjacent to an activating group) is 1. The highest BCUT2D eigenvalue weighted by atomic mass is 19.4. The van der Waals surface area contributed by atoms with E-state index in [1.807, 2.05) is 6.07 Å². The summed E-state index contributed by atoms with van der Waals surface area (Å²) in [4.78, 5) is 15.9. The molecule has 0 unspecified atom stereocenters. The van der Waals surface area contributed by atoms with Crippen LogP contribution in [0.5, 0.6) is 0 Å². The van der Waals surface area contributed by atoms with Crippen molar-refractivity contribution in [3.63, 3.8) is 0 Å². The number of piperidine rings is 1. The van der Waals surface area contributed by atoms with E-state index in [1.54, 1.807) is 0 Å². The number of carboxylic acids is 1. The molecular formula is C18H26F4N4O2. The number of hydrogen-bond acceptors (Lipinski definition) is 5. The largest absolute Gasteiger partial charge is 0.490 e. The highest BCUT2D eigenvalue weighted by Crippen LogP contribution is 2.31. The summed E-state index contributed by atoms with van der Waals surface area (Å²) in [6.45, 7) is 5.80. The lowest BCUT2D eigenvalue weighted by Crippen LogP contribution is -2.44. The molecule has 3 rings (SSSR count). The molecular weight excluding hydrogens is 380 g/mol. The number of halogens is 4. The molecule has 1 aromatic carbocycles. The van der Waals surface area contributed by atoms with Gasteiger partial charge in [-0.2, -0.15) is 13.2 Å². The van der Waals surface area contributed by atoms with Gasteiger partial charge in [0.05, 0.1) is 11.4 Å². The SMILES string of the molecule is CN1CCN(c2ccc(N)c(N3CCC(F)CC3)c2)CC1.O=C(O)C(F)(F)F. The molecule has 10 heteroatoms. The van der Waals surface area contributed by atoms with Crippen LogP contribution in [0.1, 0.15) is 12.8 Å². The van der Waals surface area contributed by atoms with Crippen molar-refractivity contribution in [3.8, 4) is 0 Å². The van der Waals surface area contributed by atoms with Crippen molar-refractivity contribution in [3.05, 3.63) is 18.2 Å². The van der Waals surface area contributed by atoms with Gasteiger partial charge in [0, 0.05) is 45.0 Å². The van der Waals surface area contributed by atoms with E-state index < -0.39 is 18.3 Å². The van der Waals surface area contributed by atoms with E-state index in [1.165, 1.54) is 5.69 Å². The number of benzene rings is 1. The maximum Gasteiger partial charge on any atom is 0.490 e. The predicted molar refractivity (Wildman–Crippen MR) is 101 cm³/mol. The summed E-state index contributed by atoms with van der Waals surface area (Å²) in [7, 11) is 2.16. The fourth-order valence-electron chi connectivity index (χ4n) is 3.16. The second kappa shape index (κ2) is 9.31. The molecule has 158 valence electrons. The number of nitrogens with zero attached hydrogens (tertiary/aromatic N) is 3. The van der Waals surface area contributed by atoms with Crippen molar-refractivity contribution in [2.75, 3.05) is 61.8 Å². The molecule has 0 aromatic heterocycles. The van der Waals surface area contributed by atoms with Crippen LogP contribution in [-0.2, 0) is 4.79 Å². The van der Waals surface area contributed by atoms with Crippen LogP contribution in [0.15, 0.2) is 18.2 Å². The molecule has 2 heterocycles. The Morgan fingerprint density at radius 2 is 1.61 bits per heavy atom. The average molecular weight is 406 g/mol. The second-order valence-electron chi connectivity index (χ2n) is 7.00. The summed E-state index contributed by atoms with van der Waals surface area (Å²) in [6, 6.07) is 6.27. The first-order valence-corrected chi connectivity index (χ1v) is 9.10. The fraction of sp³-hybridized carbons (Fsp3) is 0.611. The Bertz CT molecular complexity index is 655. The van der Waals surface area contributed by atoms with Crippen molar-refractivity contribution in [1.82, 2.24) is 4.90 Å². The summed E-state index contributed by atoms with van der Waals surface area (Å²) < 4.78 is 45.0. The van der Waals surface area contributed by atoms with Crippen molar-refractivity contribution in [2.24, 2.45) is 0 Å². The number of hydrogen-bond donors (Lipinski definition) is 2. The van der Waals surface area contributed by atoms with Crippen molar-refractivity contribution in [2.45, 2.75) is 25.2 Å². The van der Waals surface area contributed by atoms with E-state index in [2.05, 4.69) is 33.9 Å². The average Bonchev–Trinajstić information content (AvgIpc) is 2.63. The Kier molecular flexibility index (Phi) is 7.34. The molecule has 3 N–H and O–H groups in total. The molecule has 28 heavy (non-hydrogen) atoms. The van der Waals surface area contributed by atoms with Crippen LogP contribution in [-0.4, -0.2) is 74.6 Å². The van der Waals surface area contributed by atoms with E-state index in [-0.39, 0.29) is 0 Å². The summed E-state index contributed by atoms with van der Waals surface area (Å²) in [5.41, 5.74) is 9.24. The van der Waals surface area contributed by atoms with E-state index in [0.717, 1.165) is 50.6 Å². The van der Waals surface area contributed by atoms with Gasteiger partial charge < -0.3 is 25.5 Å². The van der Waals surface area contributed by atoms with Crippen LogP contribution in [0.3, 0.4) is 0 Å². The normalized spacial score (nSPS) is 19.2. The standard InChI is InChI=1S/C16H25FN4.C2HF3O2/c1-19-8-10-20(11-9-19)14-2-3-15(18)16(12-14)21-6-4-13(17)5-7-21;3-2(4,5)1(6)7/h2-3,12-13H,4-11,18H2,1H3;(H,6,7). The molecule has 2 saturated heterocycles. The minimum atomic E-state index is -5.08. The Morgan fingerprint density at radius 3 is 2.11 bits per heavy atom. The molecule has 0 radical (unpaired) electrons. The molecule has 2 aliphatic heterocycles. The van der Waals surface area contributed by atoms with Gasteiger partial charge in [-0.1, -0.05) is 0 Å². The third-order valence-corrected chi connectivity index (χ3v) is 4.89. The van der Waals surface area contributed by atoms with Gasteiger partial charge in [-0.3, -0.25) is 0 Å². The number of piperazine rings is 1. The number of rotatable bonds is 2. The van der Waals surface area contributed by atoms with Crippen LogP contribution in [0.4, 0.5) is 34.6 Å². The molecule has 2 aliphatic rings. The van der Waals surface area contributed by atoms with Crippen LogP contribution < -0.4 is 15.5 Å². The molecule has 1 aromatic rings. The molecule has 0 spiro atoms. The maximum atomic E-state index is 13.3. The second-order valence-corrected chi connectivity index (χ2v) is 7.00. The van der Waals surface area contributed by atoms with Gasteiger partial charge in [0.1, 0.15) is 6.17 Å². The summed E-state index contributed by atoms with van der Waals surface area (Å²) in [5.74, 6) is -2.76. The van der Waals surface area contributed by atoms with E-state index in [0.29, 0.717) is 12.8 Å². The molecule has 0 saturated carbocycles. The minimum absolute atomic E-state index is 0.609. The summed E-state index contributed by atoms with van der Waals surface area (Å²) in [5, 5.41) is 7.12. The molecule has 0 atom stereocenters. The van der Waals surface area contributed by atoms with Crippen LogP contribution >= 0.6 is 0 Å². The quantitative estimate of drug-likeness (QED) is 0.581. The summed E-state index contributed by atoms with van der Waals surface area (Å²) >= 11 is 0. The smallest absolute Gasteiger partial charge is 0.475 e. The third kappa shape index (κ3) is 6.15. The Balaban J connectivity index is 0.000000345. The van der Waals surface area contributed by atoms with Crippen molar-refractivity contribution < 1.29 is 27.5 Å². The van der Waals surface area contributed by atoms with E-state index in [9.17, 15) is 17.6 Å². The number of carbonyl (C=O) groups is 1. The van der Waals surface area contributed by atoms with Crippen molar-refractivity contribution in [1.29, 1.82) is 0 Å². The zero-order valence-corrected chi connectivity index (χ0v) is 15.8. The Hall–Kier alpha value is -2.23. The number of nitrogen functional groups attached to an aromatic ring is 1. The minimum Gasteiger partial charge on any atom is -0.475 e. The van der Waals surface area contributed by atoms with E-state index >= 15 is 0 Å². The van der Waals surface area contributed by atoms with Crippen LogP contribution in [0.2, 0.25) is 0 Å². The lowest BCUT2D eigenvalue weighted by atomic mass is 10.1. The summed E-state index contributed by atoms with van der Waals surface area (Å²) in [6.07, 6.45) is -4.51. The number of alkyl halides is 4. The predicted octanol–water partition coefficient (Wildman–Crippen LogP) is 2.59. The molecule has 2 fully saturated rings. The number of carboxylic acid groups (broad SMARTS) is 1. The first kappa shape index (κ1) is 22.1. The van der Waals surface area contributed by atoms with Gasteiger partial charge in [-0.15, -0.1) is 0 Å². The lowest BCUT2D eigenvalue weighted by Gasteiger charge is -2.36. The Labute approximate surface area is 161 Å². The van der Waals surface area contributed by atoms with Crippen LogP contribution in [0.25, 0.3) is 0 Å². The van der Waals surface area contributed by atoms with Gasteiger partial charge in [0.15, 0.2) is 0 Å². The van der Waals surface area contributed by atoms with Gasteiger partial charge in [-0.05, 0) is 38.1 Å². The molecule has 0 bridgehead atoms. The maximum absolute atomic E-state index is 13.3. The first-order chi connectivity index (χ1) is 13.1. The van der Waals surface area contributed by atoms with Gasteiger partial charge in [0.25, 0.3) is 0 Å². The molecule has 6 nitrogen and oxygen atoms in total. The van der Waals surface area contributed by atoms with Gasteiger partial charge >= 0.3 is 12.1 Å². The Morgan fingerprint density at radius 1 is 1.07 bits per heavy atom. The topological polar surface area (TPSA) is 73.0 Å². The number of aliphatic carboxylic acids is 1.